The number of benzene rings is 3. The van der Waals surface area contributed by atoms with Crippen LogP contribution < -0.4 is 0 Å². The van der Waals surface area contributed by atoms with E-state index in [2.05, 4.69) is 0 Å². The quantitative estimate of drug-likeness (QED) is 0.425. The number of rotatable bonds is 2. The van der Waals surface area contributed by atoms with Crippen LogP contribution in [0.2, 0.25) is 10.0 Å². The van der Waals surface area contributed by atoms with Gasteiger partial charge in [-0.3, -0.25) is 0 Å². The van der Waals surface area contributed by atoms with E-state index in [1.54, 1.807) is 0 Å². The first kappa shape index (κ1) is 15.1. The second-order valence-electron chi connectivity index (χ2n) is 5.42. The van der Waals surface area contributed by atoms with Gasteiger partial charge in [0.25, 0.3) is 0 Å². The molecule has 1 aromatic heterocycles. The molecule has 0 aliphatic heterocycles. The maximum absolute atomic E-state index is 6.02. The van der Waals surface area contributed by atoms with Gasteiger partial charge in [-0.05, 0) is 36.4 Å². The third-order valence-corrected chi connectivity index (χ3v) is 4.31. The molecule has 4 rings (SSSR count). The van der Waals surface area contributed by atoms with Gasteiger partial charge in [0.05, 0.1) is 22.4 Å². The van der Waals surface area contributed by atoms with Gasteiger partial charge in [-0.2, -0.15) is 0 Å². The molecular formula is C20H12Cl2N2. The van der Waals surface area contributed by atoms with Gasteiger partial charge in [-0.1, -0.05) is 59.6 Å². The molecule has 0 aliphatic rings. The van der Waals surface area contributed by atoms with Gasteiger partial charge < -0.3 is 0 Å². The van der Waals surface area contributed by atoms with Crippen LogP contribution in [-0.2, 0) is 0 Å². The molecule has 0 aliphatic carbocycles. The molecule has 0 saturated heterocycles. The highest BCUT2D eigenvalue weighted by Crippen LogP contribution is 2.32. The molecule has 0 saturated carbocycles. The number of halogens is 2. The van der Waals surface area contributed by atoms with E-state index in [1.165, 1.54) is 0 Å². The van der Waals surface area contributed by atoms with Gasteiger partial charge in [0.2, 0.25) is 0 Å². The molecule has 4 heteroatoms. The van der Waals surface area contributed by atoms with E-state index < -0.39 is 0 Å². The molecule has 0 unspecified atom stereocenters. The minimum Gasteiger partial charge on any atom is -0.244 e. The smallest absolute Gasteiger partial charge is 0.0973 e. The molecule has 0 amide bonds. The predicted molar refractivity (Wildman–Crippen MR) is 100 cm³/mol. The Morgan fingerprint density at radius 1 is 0.500 bits per heavy atom. The summed E-state index contributed by atoms with van der Waals surface area (Å²) in [6, 6.07) is 23.1. The highest BCUT2D eigenvalue weighted by Gasteiger charge is 2.13. The third kappa shape index (κ3) is 2.86. The van der Waals surface area contributed by atoms with Crippen LogP contribution in [0.1, 0.15) is 0 Å². The summed E-state index contributed by atoms with van der Waals surface area (Å²) < 4.78 is 0. The van der Waals surface area contributed by atoms with E-state index in [9.17, 15) is 0 Å². The van der Waals surface area contributed by atoms with E-state index in [0.29, 0.717) is 10.0 Å². The topological polar surface area (TPSA) is 25.8 Å². The monoisotopic (exact) mass is 350 g/mol. The molecule has 2 nitrogen and oxygen atoms in total. The Morgan fingerprint density at radius 2 is 0.875 bits per heavy atom. The summed E-state index contributed by atoms with van der Waals surface area (Å²) in [4.78, 5) is 9.67. The van der Waals surface area contributed by atoms with Crippen LogP contribution in [0.5, 0.6) is 0 Å². The number of hydrogen-bond acceptors (Lipinski definition) is 2. The van der Waals surface area contributed by atoms with Crippen LogP contribution in [0.3, 0.4) is 0 Å². The first-order chi connectivity index (χ1) is 11.7. The Labute approximate surface area is 149 Å². The van der Waals surface area contributed by atoms with E-state index in [1.807, 2.05) is 72.8 Å². The lowest BCUT2D eigenvalue weighted by molar-refractivity contribution is 1.29. The van der Waals surface area contributed by atoms with Gasteiger partial charge in [0, 0.05) is 21.2 Å². The molecule has 0 radical (unpaired) electrons. The molecule has 1 heterocycles. The van der Waals surface area contributed by atoms with Crippen LogP contribution >= 0.6 is 23.2 Å². The van der Waals surface area contributed by atoms with Crippen molar-refractivity contribution in [3.8, 4) is 22.5 Å². The summed E-state index contributed by atoms with van der Waals surface area (Å²) in [6.45, 7) is 0. The van der Waals surface area contributed by atoms with Gasteiger partial charge in [-0.25, -0.2) is 9.97 Å². The first-order valence-electron chi connectivity index (χ1n) is 7.49. The van der Waals surface area contributed by atoms with Gasteiger partial charge >= 0.3 is 0 Å². The number of aromatic nitrogens is 2. The Bertz CT molecular complexity index is 926. The summed E-state index contributed by atoms with van der Waals surface area (Å²) in [6.07, 6.45) is 0. The zero-order valence-electron chi connectivity index (χ0n) is 12.6. The highest BCUT2D eigenvalue weighted by molar-refractivity contribution is 6.31. The molecule has 0 fully saturated rings. The van der Waals surface area contributed by atoms with E-state index in [-0.39, 0.29) is 0 Å². The second-order valence-corrected chi connectivity index (χ2v) is 6.30. The van der Waals surface area contributed by atoms with Gasteiger partial charge in [-0.15, -0.1) is 0 Å². The van der Waals surface area contributed by atoms with E-state index in [4.69, 9.17) is 33.2 Å². The fraction of sp³-hybridized carbons (Fsp3) is 0. The lowest BCUT2D eigenvalue weighted by Gasteiger charge is -2.10. The molecule has 0 atom stereocenters. The fourth-order valence-corrected chi connectivity index (χ4v) is 2.87. The van der Waals surface area contributed by atoms with Crippen molar-refractivity contribution in [1.29, 1.82) is 0 Å². The van der Waals surface area contributed by atoms with E-state index >= 15 is 0 Å². The molecule has 116 valence electrons. The molecule has 4 aromatic rings. The minimum atomic E-state index is 0.695. The SMILES string of the molecule is Clc1ccc(-c2nc3ccccc3nc2-c2ccc(Cl)cc2)cc1. The molecule has 0 N–H and O–H groups in total. The predicted octanol–water partition coefficient (Wildman–Crippen LogP) is 6.27. The Kier molecular flexibility index (Phi) is 3.93. The Hall–Kier alpha value is -2.42. The van der Waals surface area contributed by atoms with Crippen molar-refractivity contribution in [2.24, 2.45) is 0 Å². The number of fused-ring (bicyclic) bond motifs is 1. The average molecular weight is 351 g/mol. The van der Waals surface area contributed by atoms with Crippen molar-refractivity contribution >= 4 is 34.2 Å². The summed E-state index contributed by atoms with van der Waals surface area (Å²) in [5.74, 6) is 0. The van der Waals surface area contributed by atoms with Crippen LogP contribution in [0.25, 0.3) is 33.5 Å². The summed E-state index contributed by atoms with van der Waals surface area (Å²) in [5.41, 5.74) is 5.32. The van der Waals surface area contributed by atoms with Crippen molar-refractivity contribution in [3.63, 3.8) is 0 Å². The molecule has 3 aromatic carbocycles. The normalized spacial score (nSPS) is 10.9. The van der Waals surface area contributed by atoms with Crippen molar-refractivity contribution in [2.45, 2.75) is 0 Å². The maximum Gasteiger partial charge on any atom is 0.0973 e. The average Bonchev–Trinajstić information content (AvgIpc) is 2.62. The van der Waals surface area contributed by atoms with Gasteiger partial charge in [0.15, 0.2) is 0 Å². The van der Waals surface area contributed by atoms with Crippen molar-refractivity contribution in [3.05, 3.63) is 82.8 Å². The van der Waals surface area contributed by atoms with Crippen LogP contribution in [0, 0.1) is 0 Å². The Balaban J connectivity index is 2.00. The van der Waals surface area contributed by atoms with Crippen molar-refractivity contribution in [1.82, 2.24) is 9.97 Å². The fourth-order valence-electron chi connectivity index (χ4n) is 2.62. The first-order valence-corrected chi connectivity index (χ1v) is 8.25. The zero-order valence-corrected chi connectivity index (χ0v) is 14.1. The lowest BCUT2D eigenvalue weighted by atomic mass is 10.0. The van der Waals surface area contributed by atoms with Crippen molar-refractivity contribution in [2.75, 3.05) is 0 Å². The number of nitrogens with zero attached hydrogens (tertiary/aromatic N) is 2. The molecule has 0 bridgehead atoms. The van der Waals surface area contributed by atoms with E-state index in [0.717, 1.165) is 33.5 Å². The second kappa shape index (κ2) is 6.23. The van der Waals surface area contributed by atoms with Crippen LogP contribution in [0.4, 0.5) is 0 Å². The molecule has 24 heavy (non-hydrogen) atoms. The summed E-state index contributed by atoms with van der Waals surface area (Å²) >= 11 is 12.0. The Morgan fingerprint density at radius 3 is 1.25 bits per heavy atom. The molecule has 0 spiro atoms. The van der Waals surface area contributed by atoms with Crippen molar-refractivity contribution < 1.29 is 0 Å². The number of hydrogen-bond donors (Lipinski definition) is 0. The number of para-hydroxylation sites is 2. The van der Waals surface area contributed by atoms with Crippen LogP contribution in [-0.4, -0.2) is 9.97 Å². The zero-order chi connectivity index (χ0) is 16.5. The standard InChI is InChI=1S/C20H12Cl2N2/c21-15-9-5-13(6-10-15)19-20(14-7-11-16(22)12-8-14)24-18-4-2-1-3-17(18)23-19/h1-12H. The minimum absolute atomic E-state index is 0.695. The summed E-state index contributed by atoms with van der Waals surface area (Å²) in [7, 11) is 0. The lowest BCUT2D eigenvalue weighted by Crippen LogP contribution is -1.95. The van der Waals surface area contributed by atoms with Crippen LogP contribution in [0.15, 0.2) is 72.8 Å². The maximum atomic E-state index is 6.02. The largest absolute Gasteiger partial charge is 0.244 e. The third-order valence-electron chi connectivity index (χ3n) is 3.81. The molecular weight excluding hydrogens is 339 g/mol. The summed E-state index contributed by atoms with van der Waals surface area (Å²) in [5, 5.41) is 1.39. The van der Waals surface area contributed by atoms with Gasteiger partial charge in [0.1, 0.15) is 0 Å². The highest BCUT2D eigenvalue weighted by atomic mass is 35.5.